The van der Waals surface area contributed by atoms with Gasteiger partial charge in [0.15, 0.2) is 0 Å². The van der Waals surface area contributed by atoms with Gasteiger partial charge in [0.05, 0.1) is 7.11 Å². The summed E-state index contributed by atoms with van der Waals surface area (Å²) in [4.78, 5) is 13.5. The highest BCUT2D eigenvalue weighted by Crippen LogP contribution is 2.22. The molecule has 4 heteroatoms. The van der Waals surface area contributed by atoms with E-state index >= 15 is 0 Å². The van der Waals surface area contributed by atoms with Crippen LogP contribution >= 0.6 is 0 Å². The highest BCUT2D eigenvalue weighted by atomic mass is 16.5. The van der Waals surface area contributed by atoms with Crippen LogP contribution in [0.15, 0.2) is 18.2 Å². The molecule has 0 fully saturated rings. The van der Waals surface area contributed by atoms with Crippen LogP contribution in [0.5, 0.6) is 5.75 Å². The molecule has 0 aliphatic heterocycles. The van der Waals surface area contributed by atoms with Crippen LogP contribution in [0.4, 0.5) is 0 Å². The van der Waals surface area contributed by atoms with Crippen molar-refractivity contribution in [3.05, 3.63) is 29.3 Å². The minimum atomic E-state index is -0.956. The lowest BCUT2D eigenvalue weighted by Gasteiger charge is -2.25. The summed E-state index contributed by atoms with van der Waals surface area (Å²) < 4.78 is 5.19. The van der Waals surface area contributed by atoms with Crippen molar-refractivity contribution >= 4 is 5.97 Å². The van der Waals surface area contributed by atoms with Gasteiger partial charge in [0.1, 0.15) is 11.3 Å². The van der Waals surface area contributed by atoms with E-state index in [1.54, 1.807) is 6.07 Å². The van der Waals surface area contributed by atoms with E-state index in [0.717, 1.165) is 25.2 Å². The van der Waals surface area contributed by atoms with Gasteiger partial charge in [0.25, 0.3) is 0 Å². The number of benzene rings is 1. The SMILES string of the molecule is CCC(CC)CN(CC)Cc1ccc(C(=O)O)c(OC)c1. The number of carboxylic acid groups (broad SMARTS) is 1. The Labute approximate surface area is 127 Å². The Morgan fingerprint density at radius 2 is 1.95 bits per heavy atom. The van der Waals surface area contributed by atoms with Crippen LogP contribution in [0.3, 0.4) is 0 Å². The zero-order chi connectivity index (χ0) is 15.8. The zero-order valence-corrected chi connectivity index (χ0v) is 13.6. The second-order valence-corrected chi connectivity index (χ2v) is 5.35. The Bertz CT molecular complexity index is 455. The van der Waals surface area contributed by atoms with E-state index in [9.17, 15) is 4.79 Å². The summed E-state index contributed by atoms with van der Waals surface area (Å²) in [5.41, 5.74) is 1.30. The molecule has 0 spiro atoms. The van der Waals surface area contributed by atoms with Crippen molar-refractivity contribution in [3.63, 3.8) is 0 Å². The first kappa shape index (κ1) is 17.5. The Hall–Kier alpha value is -1.55. The molecule has 0 saturated heterocycles. The maximum Gasteiger partial charge on any atom is 0.339 e. The molecular formula is C17H27NO3. The summed E-state index contributed by atoms with van der Waals surface area (Å²) in [6.45, 7) is 9.50. The summed E-state index contributed by atoms with van der Waals surface area (Å²) in [6.07, 6.45) is 2.38. The second kappa shape index (κ2) is 8.67. The molecule has 0 saturated carbocycles. The largest absolute Gasteiger partial charge is 0.496 e. The standard InChI is InChI=1S/C17H27NO3/c1-5-13(6-2)11-18(7-3)12-14-8-9-15(17(19)20)16(10-14)21-4/h8-10,13H,5-7,11-12H2,1-4H3,(H,19,20). The molecule has 0 aliphatic carbocycles. The van der Waals surface area contributed by atoms with Crippen LogP contribution < -0.4 is 4.74 Å². The summed E-state index contributed by atoms with van der Waals surface area (Å²) in [7, 11) is 1.51. The van der Waals surface area contributed by atoms with Gasteiger partial charge >= 0.3 is 5.97 Å². The van der Waals surface area contributed by atoms with E-state index in [4.69, 9.17) is 9.84 Å². The third-order valence-corrected chi connectivity index (χ3v) is 4.02. The molecule has 0 unspecified atom stereocenters. The molecule has 4 nitrogen and oxygen atoms in total. The molecule has 21 heavy (non-hydrogen) atoms. The van der Waals surface area contributed by atoms with Crippen molar-refractivity contribution in [2.75, 3.05) is 20.2 Å². The number of nitrogens with zero attached hydrogens (tertiary/aromatic N) is 1. The van der Waals surface area contributed by atoms with Crippen LogP contribution in [0.1, 0.15) is 49.5 Å². The molecule has 1 aromatic rings. The van der Waals surface area contributed by atoms with Gasteiger partial charge in [-0.3, -0.25) is 4.90 Å². The highest BCUT2D eigenvalue weighted by Gasteiger charge is 2.14. The van der Waals surface area contributed by atoms with Gasteiger partial charge in [0.2, 0.25) is 0 Å². The first-order valence-corrected chi connectivity index (χ1v) is 7.68. The van der Waals surface area contributed by atoms with Crippen LogP contribution in [-0.2, 0) is 6.54 Å². The normalized spacial score (nSPS) is 11.1. The number of hydrogen-bond acceptors (Lipinski definition) is 3. The maximum atomic E-state index is 11.1. The topological polar surface area (TPSA) is 49.8 Å². The van der Waals surface area contributed by atoms with E-state index in [2.05, 4.69) is 25.7 Å². The Kier molecular flexibility index (Phi) is 7.23. The number of methoxy groups -OCH3 is 1. The Balaban J connectivity index is 2.83. The number of aromatic carboxylic acids is 1. The fraction of sp³-hybridized carbons (Fsp3) is 0.588. The average molecular weight is 293 g/mol. The molecule has 1 rings (SSSR count). The van der Waals surface area contributed by atoms with Crippen molar-refractivity contribution in [1.29, 1.82) is 0 Å². The molecule has 1 N–H and O–H groups in total. The summed E-state index contributed by atoms with van der Waals surface area (Å²) >= 11 is 0. The first-order valence-electron chi connectivity index (χ1n) is 7.68. The third-order valence-electron chi connectivity index (χ3n) is 4.02. The Morgan fingerprint density at radius 3 is 2.43 bits per heavy atom. The van der Waals surface area contributed by atoms with Crippen molar-refractivity contribution < 1.29 is 14.6 Å². The molecule has 0 aliphatic rings. The van der Waals surface area contributed by atoms with Crippen molar-refractivity contribution in [2.24, 2.45) is 5.92 Å². The lowest BCUT2D eigenvalue weighted by Crippen LogP contribution is -2.28. The first-order chi connectivity index (χ1) is 10.0. The molecule has 118 valence electrons. The van der Waals surface area contributed by atoms with Gasteiger partial charge in [-0.15, -0.1) is 0 Å². The smallest absolute Gasteiger partial charge is 0.339 e. The second-order valence-electron chi connectivity index (χ2n) is 5.35. The molecule has 0 bridgehead atoms. The minimum absolute atomic E-state index is 0.212. The monoisotopic (exact) mass is 293 g/mol. The number of ether oxygens (including phenoxy) is 1. The van der Waals surface area contributed by atoms with Crippen molar-refractivity contribution in [2.45, 2.75) is 40.2 Å². The number of hydrogen-bond donors (Lipinski definition) is 1. The van der Waals surface area contributed by atoms with Crippen LogP contribution in [0.2, 0.25) is 0 Å². The Morgan fingerprint density at radius 1 is 1.29 bits per heavy atom. The number of carboxylic acids is 1. The van der Waals surface area contributed by atoms with Crippen LogP contribution in [0, 0.1) is 5.92 Å². The highest BCUT2D eigenvalue weighted by molar-refractivity contribution is 5.90. The van der Waals surface area contributed by atoms with Gasteiger partial charge in [-0.05, 0) is 30.2 Å². The maximum absolute atomic E-state index is 11.1. The summed E-state index contributed by atoms with van der Waals surface area (Å²) in [5.74, 6) is 0.187. The summed E-state index contributed by atoms with van der Waals surface area (Å²) in [5, 5.41) is 9.11. The fourth-order valence-electron chi connectivity index (χ4n) is 2.49. The van der Waals surface area contributed by atoms with Gasteiger partial charge in [0, 0.05) is 13.1 Å². The van der Waals surface area contributed by atoms with Gasteiger partial charge in [-0.25, -0.2) is 4.79 Å². The van der Waals surface area contributed by atoms with Crippen molar-refractivity contribution in [3.8, 4) is 5.75 Å². The molecule has 0 aromatic heterocycles. The lowest BCUT2D eigenvalue weighted by atomic mass is 10.0. The fourth-order valence-corrected chi connectivity index (χ4v) is 2.49. The van der Waals surface area contributed by atoms with Gasteiger partial charge in [-0.2, -0.15) is 0 Å². The molecule has 0 atom stereocenters. The predicted octanol–water partition coefficient (Wildman–Crippen LogP) is 3.65. The molecular weight excluding hydrogens is 266 g/mol. The quantitative estimate of drug-likeness (QED) is 0.755. The van der Waals surface area contributed by atoms with E-state index in [-0.39, 0.29) is 5.56 Å². The summed E-state index contributed by atoms with van der Waals surface area (Å²) in [6, 6.07) is 5.34. The van der Waals surface area contributed by atoms with Crippen LogP contribution in [0.25, 0.3) is 0 Å². The molecule has 0 radical (unpaired) electrons. The number of rotatable bonds is 9. The van der Waals surface area contributed by atoms with Crippen LogP contribution in [-0.4, -0.2) is 36.2 Å². The van der Waals surface area contributed by atoms with Crippen molar-refractivity contribution in [1.82, 2.24) is 4.90 Å². The molecule has 1 aromatic carbocycles. The number of carbonyl (C=O) groups is 1. The third kappa shape index (κ3) is 5.05. The average Bonchev–Trinajstić information content (AvgIpc) is 2.50. The molecule has 0 amide bonds. The zero-order valence-electron chi connectivity index (χ0n) is 13.6. The predicted molar refractivity (Wildman–Crippen MR) is 85.0 cm³/mol. The minimum Gasteiger partial charge on any atom is -0.496 e. The van der Waals surface area contributed by atoms with Gasteiger partial charge < -0.3 is 9.84 Å². The van der Waals surface area contributed by atoms with E-state index in [0.29, 0.717) is 11.7 Å². The lowest BCUT2D eigenvalue weighted by molar-refractivity contribution is 0.0693. The van der Waals surface area contributed by atoms with E-state index in [1.165, 1.54) is 20.0 Å². The van der Waals surface area contributed by atoms with E-state index < -0.39 is 5.97 Å². The molecule has 0 heterocycles. The van der Waals surface area contributed by atoms with E-state index in [1.807, 2.05) is 12.1 Å². The van der Waals surface area contributed by atoms with Gasteiger partial charge in [-0.1, -0.05) is 39.7 Å².